The predicted octanol–water partition coefficient (Wildman–Crippen LogP) is 4.25. The number of nitrogens with zero attached hydrogens (tertiary/aromatic N) is 1. The van der Waals surface area contributed by atoms with Crippen molar-refractivity contribution in [1.82, 2.24) is 5.32 Å². The lowest BCUT2D eigenvalue weighted by molar-refractivity contribution is 0.0951. The van der Waals surface area contributed by atoms with E-state index < -0.39 is 10.0 Å². The van der Waals surface area contributed by atoms with E-state index >= 15 is 0 Å². The van der Waals surface area contributed by atoms with Crippen LogP contribution in [0.4, 0.5) is 5.69 Å². The fraction of sp³-hybridized carbons (Fsp3) is 0.208. The molecule has 0 unspecified atom stereocenters. The Morgan fingerprint density at radius 2 is 1.61 bits per heavy atom. The number of nitrogens with one attached hydrogen (secondary N) is 1. The van der Waals surface area contributed by atoms with E-state index in [1.807, 2.05) is 6.07 Å². The molecule has 0 aliphatic rings. The summed E-state index contributed by atoms with van der Waals surface area (Å²) in [6, 6.07) is 18.9. The minimum Gasteiger partial charge on any atom is -0.493 e. The fourth-order valence-electron chi connectivity index (χ4n) is 3.23. The van der Waals surface area contributed by atoms with E-state index in [1.54, 1.807) is 74.9 Å². The molecule has 0 aliphatic heterocycles. The Morgan fingerprint density at radius 1 is 0.939 bits per heavy atom. The van der Waals surface area contributed by atoms with Gasteiger partial charge in [-0.2, -0.15) is 0 Å². The van der Waals surface area contributed by atoms with Crippen LogP contribution in [0.25, 0.3) is 0 Å². The van der Waals surface area contributed by atoms with Crippen molar-refractivity contribution in [1.29, 1.82) is 0 Å². The molecule has 0 spiro atoms. The van der Waals surface area contributed by atoms with Crippen molar-refractivity contribution < 1.29 is 22.7 Å². The summed E-state index contributed by atoms with van der Waals surface area (Å²) in [6.45, 7) is 0.435. The van der Waals surface area contributed by atoms with Gasteiger partial charge in [0.1, 0.15) is 0 Å². The number of anilines is 1. The van der Waals surface area contributed by atoms with Crippen LogP contribution in [0, 0.1) is 0 Å². The Morgan fingerprint density at radius 3 is 2.21 bits per heavy atom. The number of carbonyl (C=O) groups excluding carboxylic acids is 1. The predicted molar refractivity (Wildman–Crippen MR) is 130 cm³/mol. The first-order valence-electron chi connectivity index (χ1n) is 10.0. The number of rotatable bonds is 9. The van der Waals surface area contributed by atoms with Gasteiger partial charge in [-0.15, -0.1) is 0 Å². The van der Waals surface area contributed by atoms with Crippen LogP contribution >= 0.6 is 11.6 Å². The van der Waals surface area contributed by atoms with Crippen molar-refractivity contribution in [3.8, 4) is 11.5 Å². The summed E-state index contributed by atoms with van der Waals surface area (Å²) in [7, 11) is -0.416. The van der Waals surface area contributed by atoms with Gasteiger partial charge >= 0.3 is 0 Å². The molecule has 174 valence electrons. The Bertz CT molecular complexity index is 1230. The van der Waals surface area contributed by atoms with Gasteiger partial charge in [-0.1, -0.05) is 35.9 Å². The summed E-state index contributed by atoms with van der Waals surface area (Å²) in [5.41, 5.74) is 2.54. The highest BCUT2D eigenvalue weighted by Crippen LogP contribution is 2.27. The third-order valence-corrected chi connectivity index (χ3v) is 6.32. The Labute approximate surface area is 198 Å². The van der Waals surface area contributed by atoms with Gasteiger partial charge in [-0.25, -0.2) is 8.42 Å². The standard InChI is InChI=1S/C24H25ClN2O5S/c1-31-22-12-9-18(13-23(22)32-2)15-26-24(28)19-10-7-17(8-11-19)16-27(33(3,29)30)21-6-4-5-20(25)14-21/h4-14H,15-16H2,1-3H3,(H,26,28). The highest BCUT2D eigenvalue weighted by Gasteiger charge is 2.18. The lowest BCUT2D eigenvalue weighted by Crippen LogP contribution is -2.29. The zero-order valence-electron chi connectivity index (χ0n) is 18.5. The molecule has 9 heteroatoms. The van der Waals surface area contributed by atoms with Crippen molar-refractivity contribution >= 4 is 33.2 Å². The molecule has 0 saturated heterocycles. The average molecular weight is 489 g/mol. The summed E-state index contributed by atoms with van der Waals surface area (Å²) in [4.78, 5) is 12.6. The molecular formula is C24H25ClN2O5S. The zero-order valence-corrected chi connectivity index (χ0v) is 20.1. The van der Waals surface area contributed by atoms with Gasteiger partial charge < -0.3 is 14.8 Å². The maximum Gasteiger partial charge on any atom is 0.251 e. The van der Waals surface area contributed by atoms with Crippen LogP contribution in [-0.2, 0) is 23.1 Å². The molecule has 33 heavy (non-hydrogen) atoms. The molecule has 0 radical (unpaired) electrons. The SMILES string of the molecule is COc1ccc(CNC(=O)c2ccc(CN(c3cccc(Cl)c3)S(C)(=O)=O)cc2)cc1OC. The quantitative estimate of drug-likeness (QED) is 0.486. The van der Waals surface area contributed by atoms with Crippen molar-refractivity contribution in [3.05, 3.63) is 88.4 Å². The van der Waals surface area contributed by atoms with Crippen molar-refractivity contribution in [2.45, 2.75) is 13.1 Å². The van der Waals surface area contributed by atoms with Gasteiger partial charge in [0, 0.05) is 17.1 Å². The number of carbonyl (C=O) groups is 1. The highest BCUT2D eigenvalue weighted by molar-refractivity contribution is 7.92. The molecule has 3 aromatic rings. The number of hydrogen-bond acceptors (Lipinski definition) is 5. The maximum atomic E-state index is 12.6. The third kappa shape index (κ3) is 6.40. The Kier molecular flexibility index (Phi) is 7.84. The van der Waals surface area contributed by atoms with Crippen LogP contribution in [0.2, 0.25) is 5.02 Å². The van der Waals surface area contributed by atoms with Gasteiger partial charge in [-0.3, -0.25) is 9.10 Å². The van der Waals surface area contributed by atoms with Gasteiger partial charge in [0.2, 0.25) is 10.0 Å². The summed E-state index contributed by atoms with van der Waals surface area (Å²) in [5.74, 6) is 0.957. The lowest BCUT2D eigenvalue weighted by atomic mass is 10.1. The van der Waals surface area contributed by atoms with E-state index in [-0.39, 0.29) is 12.5 Å². The molecule has 0 saturated carbocycles. The summed E-state index contributed by atoms with van der Waals surface area (Å²) >= 11 is 6.02. The van der Waals surface area contributed by atoms with Crippen LogP contribution in [0.5, 0.6) is 11.5 Å². The second kappa shape index (κ2) is 10.6. The first-order valence-corrected chi connectivity index (χ1v) is 12.2. The number of ether oxygens (including phenoxy) is 2. The second-order valence-electron chi connectivity index (χ2n) is 7.32. The van der Waals surface area contributed by atoms with Crippen LogP contribution in [0.3, 0.4) is 0 Å². The first kappa shape index (κ1) is 24.4. The van der Waals surface area contributed by atoms with Crippen LogP contribution in [0.1, 0.15) is 21.5 Å². The van der Waals surface area contributed by atoms with E-state index in [4.69, 9.17) is 21.1 Å². The number of halogens is 1. The maximum absolute atomic E-state index is 12.6. The second-order valence-corrected chi connectivity index (χ2v) is 9.66. The van der Waals surface area contributed by atoms with Gasteiger partial charge in [0.15, 0.2) is 11.5 Å². The van der Waals surface area contributed by atoms with E-state index in [9.17, 15) is 13.2 Å². The molecule has 1 amide bonds. The largest absolute Gasteiger partial charge is 0.493 e. The number of hydrogen-bond donors (Lipinski definition) is 1. The topological polar surface area (TPSA) is 84.9 Å². The van der Waals surface area contributed by atoms with Gasteiger partial charge in [0.05, 0.1) is 32.7 Å². The van der Waals surface area contributed by atoms with E-state index in [1.165, 1.54) is 4.31 Å². The molecule has 0 fully saturated rings. The summed E-state index contributed by atoms with van der Waals surface area (Å²) < 4.78 is 36.4. The van der Waals surface area contributed by atoms with Crippen LogP contribution < -0.4 is 19.1 Å². The smallest absolute Gasteiger partial charge is 0.251 e. The number of benzene rings is 3. The fourth-order valence-corrected chi connectivity index (χ4v) is 4.30. The molecule has 0 heterocycles. The van der Waals surface area contributed by atoms with Crippen molar-refractivity contribution in [2.24, 2.45) is 0 Å². The monoisotopic (exact) mass is 488 g/mol. The Balaban J connectivity index is 1.68. The molecule has 0 aromatic heterocycles. The average Bonchev–Trinajstić information content (AvgIpc) is 2.80. The van der Waals surface area contributed by atoms with Crippen molar-refractivity contribution in [3.63, 3.8) is 0 Å². The molecule has 0 bridgehead atoms. The van der Waals surface area contributed by atoms with E-state index in [0.29, 0.717) is 34.3 Å². The molecule has 3 rings (SSSR count). The van der Waals surface area contributed by atoms with Gasteiger partial charge in [0.25, 0.3) is 5.91 Å². The number of methoxy groups -OCH3 is 2. The molecule has 3 aromatic carbocycles. The van der Waals surface area contributed by atoms with Crippen molar-refractivity contribution in [2.75, 3.05) is 24.8 Å². The van der Waals surface area contributed by atoms with Crippen LogP contribution in [0.15, 0.2) is 66.7 Å². The highest BCUT2D eigenvalue weighted by atomic mass is 35.5. The van der Waals surface area contributed by atoms with E-state index in [0.717, 1.165) is 17.4 Å². The van der Waals surface area contributed by atoms with E-state index in [2.05, 4.69) is 5.32 Å². The Hall–Kier alpha value is -3.23. The number of sulfonamides is 1. The number of amides is 1. The molecule has 0 aliphatic carbocycles. The third-order valence-electron chi connectivity index (χ3n) is 4.94. The van der Waals surface area contributed by atoms with Crippen LogP contribution in [-0.4, -0.2) is 34.8 Å². The zero-order chi connectivity index (χ0) is 24.0. The summed E-state index contributed by atoms with van der Waals surface area (Å²) in [6.07, 6.45) is 1.14. The lowest BCUT2D eigenvalue weighted by Gasteiger charge is -2.22. The summed E-state index contributed by atoms with van der Waals surface area (Å²) in [5, 5.41) is 3.31. The molecule has 1 N–H and O–H groups in total. The first-order chi connectivity index (χ1) is 15.7. The molecule has 7 nitrogen and oxygen atoms in total. The normalized spacial score (nSPS) is 11.0. The minimum atomic E-state index is -3.53. The molecular weight excluding hydrogens is 464 g/mol. The molecule has 0 atom stereocenters. The van der Waals surface area contributed by atoms with Gasteiger partial charge in [-0.05, 0) is 53.6 Å². The minimum absolute atomic E-state index is 0.118.